The van der Waals surface area contributed by atoms with Crippen molar-refractivity contribution in [1.29, 1.82) is 0 Å². The van der Waals surface area contributed by atoms with Gasteiger partial charge in [-0.05, 0) is 0 Å². The molecule has 17 nitrogen and oxygen atoms in total. The Hall–Kier alpha value is 0.860. The fourth-order valence-corrected chi connectivity index (χ4v) is 1.25. The summed E-state index contributed by atoms with van der Waals surface area (Å²) in [5.74, 6) is 0. The summed E-state index contributed by atoms with van der Waals surface area (Å²) in [5.41, 5.74) is 0. The van der Waals surface area contributed by atoms with Crippen molar-refractivity contribution in [2.24, 2.45) is 0 Å². The van der Waals surface area contributed by atoms with Gasteiger partial charge in [0.1, 0.15) is 0 Å². The molecule has 0 spiro atoms. The molecule has 0 radical (unpaired) electrons. The molecule has 0 heterocycles. The third-order valence-electron chi connectivity index (χ3n) is 0.213. The van der Waals surface area contributed by atoms with Gasteiger partial charge in [0, 0.05) is 0 Å². The molecule has 0 aliphatic heterocycles. The van der Waals surface area contributed by atoms with E-state index in [2.05, 4.69) is 4.31 Å². The second kappa shape index (κ2) is 36.8. The Bertz CT molecular complexity index is 155. The Morgan fingerprint density at radius 3 is 0.600 bits per heavy atom. The molecule has 0 aromatic rings. The Balaban J connectivity index is -0.00000000582. The zero-order valence-corrected chi connectivity index (χ0v) is 10.7. The monoisotopic (exact) mass is 382 g/mol. The van der Waals surface area contributed by atoms with Crippen molar-refractivity contribution in [1.82, 2.24) is 0 Å². The fourth-order valence-electron chi connectivity index (χ4n) is 0.139. The maximum atomic E-state index is 9.63. The summed E-state index contributed by atoms with van der Waals surface area (Å²) in [6.45, 7) is 0. The minimum absolute atomic E-state index is 0. The minimum atomic E-state index is -5.05. The van der Waals surface area contributed by atoms with E-state index in [4.69, 9.17) is 19.6 Å². The van der Waals surface area contributed by atoms with Crippen LogP contribution in [-0.2, 0) is 13.4 Å². The summed E-state index contributed by atoms with van der Waals surface area (Å²) < 4.78 is 22.2. The Morgan fingerprint density at radius 1 is 0.500 bits per heavy atom. The van der Waals surface area contributed by atoms with Crippen molar-refractivity contribution in [2.45, 2.75) is 0 Å². The first-order valence-corrected chi connectivity index (χ1v) is 4.59. The van der Waals surface area contributed by atoms with Crippen LogP contribution in [0.4, 0.5) is 0 Å². The SMILES string of the molecule is O.O.O.O.O.O.O.O.O.O.O=P(O)(O)OP(=O)(O)O.[NaH]. The van der Waals surface area contributed by atoms with Gasteiger partial charge in [-0.2, -0.15) is 4.31 Å². The summed E-state index contributed by atoms with van der Waals surface area (Å²) in [6, 6.07) is 0. The normalized spacial score (nSPS) is 6.20. The first-order chi connectivity index (χ1) is 3.71. The van der Waals surface area contributed by atoms with Crippen LogP contribution >= 0.6 is 15.6 Å². The molecule has 24 N–H and O–H groups in total. The number of hydrogen-bond donors (Lipinski definition) is 4. The second-order valence-corrected chi connectivity index (χ2v) is 3.68. The van der Waals surface area contributed by atoms with Crippen LogP contribution < -0.4 is 0 Å². The third-order valence-corrected chi connectivity index (χ3v) is 1.91. The quantitative estimate of drug-likeness (QED) is 0.263. The van der Waals surface area contributed by atoms with E-state index in [0.29, 0.717) is 0 Å². The summed E-state index contributed by atoms with van der Waals surface area (Å²) in [7, 11) is -10.1. The standard InChI is InChI=1S/Na.H4O7P2.10H2O.H/c;1-8(2,3)7-9(4,5)6;;;;;;;;;;;/h;(H2,1,2,3)(H2,4,5,6);10*1H2;. The van der Waals surface area contributed by atoms with Gasteiger partial charge in [-0.3, -0.25) is 0 Å². The first-order valence-electron chi connectivity index (χ1n) is 1.53. The molecule has 0 amide bonds. The number of phosphoric acid groups is 2. The summed E-state index contributed by atoms with van der Waals surface area (Å²) in [6.07, 6.45) is 0. The van der Waals surface area contributed by atoms with E-state index in [1.807, 2.05) is 0 Å². The molecule has 0 aromatic heterocycles. The van der Waals surface area contributed by atoms with Gasteiger partial charge in [-0.15, -0.1) is 0 Å². The van der Waals surface area contributed by atoms with Crippen molar-refractivity contribution in [3.8, 4) is 0 Å². The molecule has 0 saturated heterocycles. The van der Waals surface area contributed by atoms with Crippen LogP contribution in [0.1, 0.15) is 0 Å². The van der Waals surface area contributed by atoms with Gasteiger partial charge in [0.05, 0.1) is 0 Å². The van der Waals surface area contributed by atoms with Gasteiger partial charge >= 0.3 is 45.2 Å². The van der Waals surface area contributed by atoms with Gasteiger partial charge in [0.2, 0.25) is 0 Å². The van der Waals surface area contributed by atoms with E-state index in [0.717, 1.165) is 0 Å². The second-order valence-electron chi connectivity index (χ2n) is 1.06. The zero-order valence-electron chi connectivity index (χ0n) is 8.91. The summed E-state index contributed by atoms with van der Waals surface area (Å²) in [5, 5.41) is 0. The molecule has 138 valence electrons. The van der Waals surface area contributed by atoms with Crippen LogP contribution in [0.3, 0.4) is 0 Å². The molecular weight excluding hydrogens is 357 g/mol. The molecule has 0 atom stereocenters. The van der Waals surface area contributed by atoms with Crippen molar-refractivity contribution >= 4 is 45.2 Å². The van der Waals surface area contributed by atoms with E-state index in [1.165, 1.54) is 0 Å². The van der Waals surface area contributed by atoms with Crippen molar-refractivity contribution in [3.63, 3.8) is 0 Å². The van der Waals surface area contributed by atoms with E-state index in [9.17, 15) is 9.13 Å². The number of rotatable bonds is 2. The molecule has 0 fully saturated rings. The predicted octanol–water partition coefficient (Wildman–Crippen LogP) is -9.71. The van der Waals surface area contributed by atoms with Crippen LogP contribution in [0.25, 0.3) is 0 Å². The molecule has 20 heavy (non-hydrogen) atoms. The Labute approximate surface area is 133 Å². The van der Waals surface area contributed by atoms with E-state index in [-0.39, 0.29) is 84.3 Å². The molecule has 0 aliphatic rings. The molecule has 0 bridgehead atoms. The average molecular weight is 382 g/mol. The molecule has 0 saturated carbocycles. The Kier molecular flexibility index (Phi) is 193. The van der Waals surface area contributed by atoms with Crippen LogP contribution in [0, 0.1) is 0 Å². The molecule has 0 aromatic carbocycles. The Morgan fingerprint density at radius 2 is 0.600 bits per heavy atom. The zero-order chi connectivity index (χ0) is 7.71. The van der Waals surface area contributed by atoms with Crippen molar-refractivity contribution < 1.29 is 87.8 Å². The molecule has 20 heteroatoms. The van der Waals surface area contributed by atoms with Crippen LogP contribution in [0.5, 0.6) is 0 Å². The predicted molar refractivity (Wildman–Crippen MR) is 68.5 cm³/mol. The average Bonchev–Trinajstić information content (AvgIpc) is 1.14. The van der Waals surface area contributed by atoms with Gasteiger partial charge in [0.15, 0.2) is 0 Å². The third kappa shape index (κ3) is 128. The molecule has 0 aliphatic carbocycles. The van der Waals surface area contributed by atoms with Gasteiger partial charge in [0.25, 0.3) is 0 Å². The fraction of sp³-hybridized carbons (Fsp3) is 0. The molecule has 0 rings (SSSR count). The van der Waals surface area contributed by atoms with E-state index in [1.54, 1.807) is 0 Å². The van der Waals surface area contributed by atoms with Crippen LogP contribution in [0.2, 0.25) is 0 Å². The van der Waals surface area contributed by atoms with Gasteiger partial charge in [-0.25, -0.2) is 9.13 Å². The number of hydrogen-bond acceptors (Lipinski definition) is 3. The summed E-state index contributed by atoms with van der Waals surface area (Å²) >= 11 is 0. The van der Waals surface area contributed by atoms with Crippen LogP contribution in [0.15, 0.2) is 0 Å². The van der Waals surface area contributed by atoms with Crippen molar-refractivity contribution in [3.05, 3.63) is 0 Å². The first kappa shape index (κ1) is 105. The van der Waals surface area contributed by atoms with Gasteiger partial charge in [-0.1, -0.05) is 0 Å². The van der Waals surface area contributed by atoms with Crippen LogP contribution in [-0.4, -0.2) is 104 Å². The molecular formula is H25NaO17P2. The maximum absolute atomic E-state index is 9.63. The topological polar surface area (TPSA) is 439 Å². The van der Waals surface area contributed by atoms with Gasteiger partial charge < -0.3 is 74.3 Å². The van der Waals surface area contributed by atoms with E-state index >= 15 is 0 Å². The van der Waals surface area contributed by atoms with E-state index < -0.39 is 15.6 Å². The van der Waals surface area contributed by atoms with Crippen molar-refractivity contribution in [2.75, 3.05) is 0 Å². The summed E-state index contributed by atoms with van der Waals surface area (Å²) in [4.78, 5) is 31.0. The molecule has 0 unspecified atom stereocenters.